The smallest absolute Gasteiger partial charge is 0.429 e. The molecule has 3 nitrogen and oxygen atoms in total. The number of halogens is 11. The summed E-state index contributed by atoms with van der Waals surface area (Å²) in [6.07, 6.45) is -8.16. The quantitative estimate of drug-likeness (QED) is 0.209. The second-order valence-corrected chi connectivity index (χ2v) is 12.2. The summed E-state index contributed by atoms with van der Waals surface area (Å²) in [6.45, 7) is 2.80. The lowest BCUT2D eigenvalue weighted by Gasteiger charge is -2.38. The summed E-state index contributed by atoms with van der Waals surface area (Å²) in [4.78, 5) is 0. The molecule has 48 heavy (non-hydrogen) atoms. The first-order valence-electron chi connectivity index (χ1n) is 15.4. The second kappa shape index (κ2) is 13.9. The van der Waals surface area contributed by atoms with Gasteiger partial charge in [-0.1, -0.05) is 38.3 Å². The fraction of sp³-hybridized carbons (Fsp3) is 0.471. The average molecular weight is 697 g/mol. The highest BCUT2D eigenvalue weighted by atomic mass is 19.4. The second-order valence-electron chi connectivity index (χ2n) is 12.2. The van der Waals surface area contributed by atoms with Crippen LogP contribution in [0.25, 0.3) is 11.1 Å². The van der Waals surface area contributed by atoms with Crippen molar-refractivity contribution >= 4 is 0 Å². The van der Waals surface area contributed by atoms with E-state index in [0.717, 1.165) is 30.9 Å². The standard InChI is InChI=1S/C34H31F11O3/c1-2-18-3-5-19(6-4-18)21-9-12-29(46-17-21)20-7-10-23(11-8-20)32(39,40)47-24-15-25(35)30(26(36)16-24)22-13-27(37)31(28(38)14-22)33(41,42)48-34(43,44)45/h7-8,10-11,13-16,18-19,21,29H,2-6,9,12,17H2,1H3. The maximum atomic E-state index is 15.0. The van der Waals surface area contributed by atoms with Gasteiger partial charge in [-0.25, -0.2) is 22.3 Å². The molecule has 5 rings (SSSR count). The molecule has 0 spiro atoms. The molecule has 2 atom stereocenters. The predicted octanol–water partition coefficient (Wildman–Crippen LogP) is 11.3. The molecule has 2 unspecified atom stereocenters. The minimum atomic E-state index is -5.99. The minimum absolute atomic E-state index is 0.0576. The molecule has 2 fully saturated rings. The van der Waals surface area contributed by atoms with Crippen LogP contribution in [0, 0.1) is 41.0 Å². The highest BCUT2D eigenvalue weighted by Crippen LogP contribution is 2.43. The SMILES string of the molecule is CCC1CCC(C2CCC(c3ccc(C(F)(F)Oc4cc(F)c(-c5cc(F)c(C(F)(F)OC(F)(F)F)c(F)c5)c(F)c4)cc3)OC2)CC1. The van der Waals surface area contributed by atoms with Crippen molar-refractivity contribution in [3.63, 3.8) is 0 Å². The zero-order valence-corrected chi connectivity index (χ0v) is 25.5. The summed E-state index contributed by atoms with van der Waals surface area (Å²) in [5.41, 5.74) is -4.74. The molecule has 1 saturated heterocycles. The topological polar surface area (TPSA) is 27.7 Å². The lowest BCUT2D eigenvalue weighted by molar-refractivity contribution is -0.432. The zero-order valence-electron chi connectivity index (χ0n) is 25.5. The molecule has 1 heterocycles. The first-order chi connectivity index (χ1) is 22.5. The molecular weight excluding hydrogens is 665 g/mol. The normalized spacial score (nSPS) is 22.5. The fourth-order valence-electron chi connectivity index (χ4n) is 6.65. The summed E-state index contributed by atoms with van der Waals surface area (Å²) >= 11 is 0. The van der Waals surface area contributed by atoms with Gasteiger partial charge in [-0.15, -0.1) is 13.2 Å². The van der Waals surface area contributed by atoms with Crippen molar-refractivity contribution in [2.45, 2.75) is 76.6 Å². The molecular formula is C34H31F11O3. The summed E-state index contributed by atoms with van der Waals surface area (Å²) in [6, 6.07) is 5.50. The molecule has 1 aliphatic carbocycles. The van der Waals surface area contributed by atoms with Gasteiger partial charge in [0.1, 0.15) is 34.6 Å². The van der Waals surface area contributed by atoms with Gasteiger partial charge in [-0.05, 0) is 78.8 Å². The Balaban J connectivity index is 1.25. The van der Waals surface area contributed by atoms with Crippen LogP contribution in [0.2, 0.25) is 0 Å². The summed E-state index contributed by atoms with van der Waals surface area (Å²) in [5.74, 6) is -7.17. The molecule has 0 bridgehead atoms. The third-order valence-corrected chi connectivity index (χ3v) is 9.19. The predicted molar refractivity (Wildman–Crippen MR) is 151 cm³/mol. The molecule has 0 amide bonds. The van der Waals surface area contributed by atoms with Crippen LogP contribution in [0.1, 0.15) is 74.7 Å². The maximum absolute atomic E-state index is 15.0. The molecule has 1 saturated carbocycles. The van der Waals surface area contributed by atoms with Crippen molar-refractivity contribution in [1.29, 1.82) is 0 Å². The van der Waals surface area contributed by atoms with Crippen LogP contribution in [-0.4, -0.2) is 13.0 Å². The number of alkyl halides is 7. The van der Waals surface area contributed by atoms with Gasteiger partial charge in [-0.3, -0.25) is 0 Å². The monoisotopic (exact) mass is 696 g/mol. The van der Waals surface area contributed by atoms with E-state index in [-0.39, 0.29) is 30.4 Å². The van der Waals surface area contributed by atoms with Crippen LogP contribution in [0.3, 0.4) is 0 Å². The first-order valence-corrected chi connectivity index (χ1v) is 15.4. The third kappa shape index (κ3) is 8.07. The van der Waals surface area contributed by atoms with Crippen molar-refractivity contribution < 1.29 is 62.5 Å². The van der Waals surface area contributed by atoms with Crippen molar-refractivity contribution in [2.24, 2.45) is 17.8 Å². The largest absolute Gasteiger partial charge is 0.527 e. The molecule has 3 aromatic rings. The summed E-state index contributed by atoms with van der Waals surface area (Å²) in [5, 5.41) is 0. The molecule has 0 radical (unpaired) electrons. The Hall–Kier alpha value is -3.39. The first kappa shape index (κ1) is 35.9. The minimum Gasteiger partial charge on any atom is -0.429 e. The van der Waals surface area contributed by atoms with Crippen LogP contribution in [0.5, 0.6) is 5.75 Å². The van der Waals surface area contributed by atoms with Crippen LogP contribution >= 0.6 is 0 Å². The molecule has 1 aliphatic heterocycles. The molecule has 14 heteroatoms. The average Bonchev–Trinajstić information content (AvgIpc) is 2.99. The van der Waals surface area contributed by atoms with E-state index in [4.69, 9.17) is 4.74 Å². The van der Waals surface area contributed by atoms with Gasteiger partial charge >= 0.3 is 18.6 Å². The summed E-state index contributed by atoms with van der Waals surface area (Å²) in [7, 11) is 0. The lowest BCUT2D eigenvalue weighted by atomic mass is 9.73. The number of benzene rings is 3. The van der Waals surface area contributed by atoms with Gasteiger partial charge in [0.05, 0.1) is 23.8 Å². The molecule has 3 aromatic carbocycles. The van der Waals surface area contributed by atoms with Gasteiger partial charge in [-0.2, -0.15) is 17.6 Å². The van der Waals surface area contributed by atoms with Crippen molar-refractivity contribution in [1.82, 2.24) is 0 Å². The van der Waals surface area contributed by atoms with E-state index >= 15 is 8.78 Å². The van der Waals surface area contributed by atoms with E-state index in [1.807, 2.05) is 0 Å². The third-order valence-electron chi connectivity index (χ3n) is 9.19. The molecule has 0 aromatic heterocycles. The highest BCUT2D eigenvalue weighted by molar-refractivity contribution is 5.66. The Morgan fingerprint density at radius 2 is 1.25 bits per heavy atom. The van der Waals surface area contributed by atoms with E-state index < -0.39 is 69.9 Å². The number of rotatable bonds is 9. The number of hydrogen-bond acceptors (Lipinski definition) is 3. The lowest BCUT2D eigenvalue weighted by Crippen LogP contribution is -2.29. The van der Waals surface area contributed by atoms with E-state index in [1.165, 1.54) is 44.2 Å². The Bertz CT molecular complexity index is 1530. The van der Waals surface area contributed by atoms with E-state index in [9.17, 15) is 39.5 Å². The Morgan fingerprint density at radius 1 is 0.688 bits per heavy atom. The van der Waals surface area contributed by atoms with Gasteiger partial charge < -0.3 is 9.47 Å². The van der Waals surface area contributed by atoms with E-state index in [0.29, 0.717) is 24.0 Å². The molecule has 262 valence electrons. The van der Waals surface area contributed by atoms with Crippen molar-refractivity contribution in [3.05, 3.63) is 88.5 Å². The van der Waals surface area contributed by atoms with Crippen LogP contribution in [-0.2, 0) is 21.7 Å². The highest BCUT2D eigenvalue weighted by Gasteiger charge is 2.49. The van der Waals surface area contributed by atoms with Gasteiger partial charge in [0, 0.05) is 12.1 Å². The zero-order chi connectivity index (χ0) is 35.0. The van der Waals surface area contributed by atoms with E-state index in [2.05, 4.69) is 16.4 Å². The van der Waals surface area contributed by atoms with Gasteiger partial charge in [0.25, 0.3) is 0 Å². The Kier molecular flexibility index (Phi) is 10.4. The maximum Gasteiger partial charge on any atom is 0.527 e. The summed E-state index contributed by atoms with van der Waals surface area (Å²) < 4.78 is 166. The van der Waals surface area contributed by atoms with E-state index in [1.54, 1.807) is 0 Å². The Labute approximate surface area is 269 Å². The number of ether oxygens (including phenoxy) is 3. The van der Waals surface area contributed by atoms with Gasteiger partial charge in [0.15, 0.2) is 0 Å². The van der Waals surface area contributed by atoms with Crippen molar-refractivity contribution in [2.75, 3.05) is 6.61 Å². The Morgan fingerprint density at radius 3 is 1.75 bits per heavy atom. The van der Waals surface area contributed by atoms with Crippen molar-refractivity contribution in [3.8, 4) is 16.9 Å². The number of hydrogen-bond donors (Lipinski definition) is 0. The van der Waals surface area contributed by atoms with Crippen LogP contribution < -0.4 is 4.74 Å². The fourth-order valence-corrected chi connectivity index (χ4v) is 6.65. The molecule has 2 aliphatic rings. The van der Waals surface area contributed by atoms with Crippen LogP contribution in [0.15, 0.2) is 48.5 Å². The van der Waals surface area contributed by atoms with Gasteiger partial charge in [0.2, 0.25) is 0 Å². The van der Waals surface area contributed by atoms with Crippen LogP contribution in [0.4, 0.5) is 48.3 Å². The molecule has 0 N–H and O–H groups in total.